The third kappa shape index (κ3) is 3.89. The van der Waals surface area contributed by atoms with Gasteiger partial charge in [-0.3, -0.25) is 4.79 Å². The average molecular weight is 284 g/mol. The number of hydrogen-bond donors (Lipinski definition) is 2. The zero-order valence-electron chi connectivity index (χ0n) is 10.9. The van der Waals surface area contributed by atoms with E-state index in [1.807, 2.05) is 11.8 Å². The Kier molecular flexibility index (Phi) is 5.13. The molecule has 0 aliphatic carbocycles. The summed E-state index contributed by atoms with van der Waals surface area (Å²) in [6.45, 7) is 3.79. The molecule has 6 heteroatoms. The second-order valence-electron chi connectivity index (χ2n) is 4.84. The molecule has 106 valence electrons. The molecule has 0 spiro atoms. The van der Waals surface area contributed by atoms with Gasteiger partial charge in [0.25, 0.3) is 0 Å². The van der Waals surface area contributed by atoms with Crippen LogP contribution >= 0.6 is 11.8 Å². The summed E-state index contributed by atoms with van der Waals surface area (Å²) in [5, 5.41) is 6.36. The molecular weight excluding hydrogens is 264 g/mol. The fourth-order valence-corrected chi connectivity index (χ4v) is 4.03. The van der Waals surface area contributed by atoms with Crippen molar-refractivity contribution in [3.8, 4) is 0 Å². The van der Waals surface area contributed by atoms with E-state index in [0.717, 1.165) is 25.0 Å². The first-order valence-electron chi connectivity index (χ1n) is 6.66. The molecular formula is C13H20N2O3S. The highest BCUT2D eigenvalue weighted by molar-refractivity contribution is 8.00. The van der Waals surface area contributed by atoms with Crippen molar-refractivity contribution in [2.24, 2.45) is 0 Å². The van der Waals surface area contributed by atoms with Gasteiger partial charge in [-0.25, -0.2) is 4.79 Å². The van der Waals surface area contributed by atoms with Crippen molar-refractivity contribution >= 4 is 23.8 Å². The van der Waals surface area contributed by atoms with Crippen LogP contribution in [0.1, 0.15) is 25.7 Å². The van der Waals surface area contributed by atoms with Gasteiger partial charge in [-0.05, 0) is 12.8 Å². The average Bonchev–Trinajstić information content (AvgIpc) is 2.92. The van der Waals surface area contributed by atoms with Crippen molar-refractivity contribution in [3.05, 3.63) is 12.7 Å². The maximum atomic E-state index is 11.3. The van der Waals surface area contributed by atoms with Gasteiger partial charge in [0.05, 0.1) is 12.1 Å². The molecule has 2 amide bonds. The molecule has 0 radical (unpaired) electrons. The number of nitrogens with one attached hydrogen (secondary N) is 2. The molecule has 3 atom stereocenters. The molecule has 2 fully saturated rings. The maximum absolute atomic E-state index is 11.3. The first-order chi connectivity index (χ1) is 9.20. The summed E-state index contributed by atoms with van der Waals surface area (Å²) < 4.78 is 4.92. The molecule has 3 unspecified atom stereocenters. The van der Waals surface area contributed by atoms with Crippen LogP contribution in [0.15, 0.2) is 12.7 Å². The minimum absolute atomic E-state index is 0.0479. The van der Waals surface area contributed by atoms with E-state index < -0.39 is 0 Å². The number of fused-ring (bicyclic) bond motifs is 1. The van der Waals surface area contributed by atoms with Crippen LogP contribution in [0.25, 0.3) is 0 Å². The molecule has 2 N–H and O–H groups in total. The number of ether oxygens (including phenoxy) is 1. The van der Waals surface area contributed by atoms with Crippen molar-refractivity contribution in [2.75, 3.05) is 12.4 Å². The van der Waals surface area contributed by atoms with E-state index in [1.54, 1.807) is 6.08 Å². The standard InChI is InChI=1S/C13H20N2O3S/c1-2-7-18-11(16)6-4-3-5-10-12-9(8-19-10)14-13(17)15-12/h2,9-10,12H,1,3-8H2,(H2,14,15,17). The molecule has 2 rings (SSSR count). The van der Waals surface area contributed by atoms with Crippen molar-refractivity contribution in [2.45, 2.75) is 43.0 Å². The lowest BCUT2D eigenvalue weighted by Gasteiger charge is -2.16. The number of rotatable bonds is 7. The summed E-state index contributed by atoms with van der Waals surface area (Å²) in [4.78, 5) is 22.5. The van der Waals surface area contributed by atoms with Gasteiger partial charge in [0.2, 0.25) is 0 Å². The zero-order valence-corrected chi connectivity index (χ0v) is 11.7. The molecule has 2 saturated heterocycles. The van der Waals surface area contributed by atoms with E-state index >= 15 is 0 Å². The van der Waals surface area contributed by atoms with Crippen LogP contribution in [0, 0.1) is 0 Å². The Morgan fingerprint density at radius 1 is 1.47 bits per heavy atom. The molecule has 5 nitrogen and oxygen atoms in total. The molecule has 2 aliphatic rings. The molecule has 0 bridgehead atoms. The van der Waals surface area contributed by atoms with E-state index in [-0.39, 0.29) is 24.1 Å². The Bertz CT molecular complexity index is 362. The van der Waals surface area contributed by atoms with Crippen molar-refractivity contribution in [3.63, 3.8) is 0 Å². The fraction of sp³-hybridized carbons (Fsp3) is 0.692. The van der Waals surface area contributed by atoms with E-state index in [9.17, 15) is 9.59 Å². The normalized spacial score (nSPS) is 28.4. The maximum Gasteiger partial charge on any atom is 0.315 e. The molecule has 2 heterocycles. The predicted octanol–water partition coefficient (Wildman–Crippen LogP) is 1.44. The van der Waals surface area contributed by atoms with Crippen LogP contribution in [0.5, 0.6) is 0 Å². The topological polar surface area (TPSA) is 67.4 Å². The summed E-state index contributed by atoms with van der Waals surface area (Å²) >= 11 is 1.90. The third-order valence-electron chi connectivity index (χ3n) is 3.42. The molecule has 0 aromatic heterocycles. The number of carbonyl (C=O) groups excluding carboxylic acids is 2. The van der Waals surface area contributed by atoms with Crippen molar-refractivity contribution < 1.29 is 14.3 Å². The summed E-state index contributed by atoms with van der Waals surface area (Å²) in [6, 6.07) is 0.485. The number of hydrogen-bond acceptors (Lipinski definition) is 4. The molecule has 0 saturated carbocycles. The number of urea groups is 1. The number of carbonyl (C=O) groups is 2. The van der Waals surface area contributed by atoms with Crippen LogP contribution in [0.3, 0.4) is 0 Å². The lowest BCUT2D eigenvalue weighted by molar-refractivity contribution is -0.142. The smallest absolute Gasteiger partial charge is 0.315 e. The van der Waals surface area contributed by atoms with Crippen LogP contribution in [-0.4, -0.2) is 41.7 Å². The highest BCUT2D eigenvalue weighted by Gasteiger charge is 2.42. The van der Waals surface area contributed by atoms with Gasteiger partial charge in [-0.2, -0.15) is 11.8 Å². The number of amides is 2. The highest BCUT2D eigenvalue weighted by atomic mass is 32.2. The largest absolute Gasteiger partial charge is 0.461 e. The highest BCUT2D eigenvalue weighted by Crippen LogP contribution is 2.33. The summed E-state index contributed by atoms with van der Waals surface area (Å²) in [6.07, 6.45) is 4.89. The Labute approximate surface area is 117 Å². The Balaban J connectivity index is 1.60. The number of esters is 1. The van der Waals surface area contributed by atoms with E-state index in [2.05, 4.69) is 17.2 Å². The first-order valence-corrected chi connectivity index (χ1v) is 7.70. The van der Waals surface area contributed by atoms with Gasteiger partial charge >= 0.3 is 12.0 Å². The lowest BCUT2D eigenvalue weighted by atomic mass is 10.0. The number of thioether (sulfide) groups is 1. The third-order valence-corrected chi connectivity index (χ3v) is 4.93. The van der Waals surface area contributed by atoms with Gasteiger partial charge in [0.1, 0.15) is 6.61 Å². The van der Waals surface area contributed by atoms with Crippen molar-refractivity contribution in [1.29, 1.82) is 0 Å². The zero-order chi connectivity index (χ0) is 13.7. The summed E-state index contributed by atoms with van der Waals surface area (Å²) in [5.41, 5.74) is 0. The van der Waals surface area contributed by atoms with Gasteiger partial charge in [-0.1, -0.05) is 19.1 Å². The first kappa shape index (κ1) is 14.2. The van der Waals surface area contributed by atoms with Crippen LogP contribution in [0.4, 0.5) is 4.79 Å². The fourth-order valence-electron chi connectivity index (χ4n) is 2.48. The molecule has 0 aromatic rings. The minimum atomic E-state index is -0.160. The summed E-state index contributed by atoms with van der Waals surface area (Å²) in [5.74, 6) is 0.822. The molecule has 0 aromatic carbocycles. The monoisotopic (exact) mass is 284 g/mol. The second-order valence-corrected chi connectivity index (χ2v) is 6.11. The summed E-state index contributed by atoms with van der Waals surface area (Å²) in [7, 11) is 0. The van der Waals surface area contributed by atoms with Crippen molar-refractivity contribution in [1.82, 2.24) is 10.6 Å². The van der Waals surface area contributed by atoms with Gasteiger partial charge in [0.15, 0.2) is 0 Å². The van der Waals surface area contributed by atoms with Gasteiger partial charge < -0.3 is 15.4 Å². The van der Waals surface area contributed by atoms with Crippen LogP contribution in [0.2, 0.25) is 0 Å². The number of unbranched alkanes of at least 4 members (excludes halogenated alkanes) is 1. The Morgan fingerprint density at radius 3 is 3.11 bits per heavy atom. The predicted molar refractivity (Wildman–Crippen MR) is 75.1 cm³/mol. The molecule has 2 aliphatic heterocycles. The van der Waals surface area contributed by atoms with Crippen LogP contribution in [-0.2, 0) is 9.53 Å². The Morgan fingerprint density at radius 2 is 2.32 bits per heavy atom. The van der Waals surface area contributed by atoms with Crippen LogP contribution < -0.4 is 10.6 Å². The van der Waals surface area contributed by atoms with Gasteiger partial charge in [0, 0.05) is 17.4 Å². The lowest BCUT2D eigenvalue weighted by Crippen LogP contribution is -2.36. The van der Waals surface area contributed by atoms with Gasteiger partial charge in [-0.15, -0.1) is 0 Å². The molecule has 19 heavy (non-hydrogen) atoms. The SMILES string of the molecule is C=CCOC(=O)CCCCC1SCC2NC(=O)NC21. The van der Waals surface area contributed by atoms with E-state index in [0.29, 0.717) is 18.3 Å². The van der Waals surface area contributed by atoms with E-state index in [1.165, 1.54) is 0 Å². The minimum Gasteiger partial charge on any atom is -0.461 e. The second kappa shape index (κ2) is 6.84. The Hall–Kier alpha value is -1.17. The van der Waals surface area contributed by atoms with E-state index in [4.69, 9.17) is 4.74 Å². The quantitative estimate of drug-likeness (QED) is 0.321.